The highest BCUT2D eigenvalue weighted by Crippen LogP contribution is 2.31. The summed E-state index contributed by atoms with van der Waals surface area (Å²) in [6.45, 7) is 8.17. The molecule has 3 rings (SSSR count). The number of nitrogens with zero attached hydrogens (tertiary/aromatic N) is 3. The molecule has 174 valence electrons. The Kier molecular flexibility index (Phi) is 7.42. The van der Waals surface area contributed by atoms with E-state index in [1.165, 1.54) is 0 Å². The summed E-state index contributed by atoms with van der Waals surface area (Å²) in [7, 11) is 0. The van der Waals surface area contributed by atoms with Crippen molar-refractivity contribution in [1.29, 1.82) is 0 Å². The van der Waals surface area contributed by atoms with Gasteiger partial charge in [-0.05, 0) is 44.9 Å². The molecule has 9 nitrogen and oxygen atoms in total. The van der Waals surface area contributed by atoms with Gasteiger partial charge in [-0.1, -0.05) is 19.1 Å². The molecular weight excluding hydrogens is 420 g/mol. The van der Waals surface area contributed by atoms with Crippen molar-refractivity contribution in [3.63, 3.8) is 0 Å². The normalized spacial score (nSPS) is 13.2. The number of alkyl carbamates (subject to hydrolysis) is 1. The smallest absolute Gasteiger partial charge is 0.408 e. The van der Waals surface area contributed by atoms with Gasteiger partial charge in [-0.3, -0.25) is 4.79 Å². The number of benzene rings is 1. The maximum atomic E-state index is 12.4. The second-order valence-electron chi connectivity index (χ2n) is 8.72. The van der Waals surface area contributed by atoms with Crippen LogP contribution in [0, 0.1) is 0 Å². The largest absolute Gasteiger partial charge is 0.444 e. The predicted molar refractivity (Wildman–Crippen MR) is 128 cm³/mol. The molecule has 1 aromatic carbocycles. The maximum Gasteiger partial charge on any atom is 0.408 e. The molecule has 0 saturated heterocycles. The zero-order valence-electron chi connectivity index (χ0n) is 19.4. The zero-order chi connectivity index (χ0) is 24.0. The molecule has 33 heavy (non-hydrogen) atoms. The molecule has 2 heterocycles. The molecule has 0 bridgehead atoms. The van der Waals surface area contributed by atoms with Crippen molar-refractivity contribution in [2.45, 2.75) is 52.7 Å². The van der Waals surface area contributed by atoms with Crippen LogP contribution in [0.5, 0.6) is 0 Å². The fourth-order valence-corrected chi connectivity index (χ4v) is 3.13. The van der Waals surface area contributed by atoms with Gasteiger partial charge < -0.3 is 21.1 Å². The summed E-state index contributed by atoms with van der Waals surface area (Å²) in [5.74, 6) is 0.715. The number of fused-ring (bicyclic) bond motifs is 1. The topological polar surface area (TPSA) is 132 Å². The van der Waals surface area contributed by atoms with Crippen molar-refractivity contribution >= 4 is 29.6 Å². The van der Waals surface area contributed by atoms with Crippen LogP contribution in [0.1, 0.15) is 51.9 Å². The van der Waals surface area contributed by atoms with E-state index in [9.17, 15) is 9.59 Å². The summed E-state index contributed by atoms with van der Waals surface area (Å²) >= 11 is 0. The first kappa shape index (κ1) is 23.9. The number of nitrogens with two attached hydrogens (primary N) is 1. The lowest BCUT2D eigenvalue weighted by atomic mass is 10.0. The Morgan fingerprint density at radius 3 is 2.52 bits per heavy atom. The Bertz CT molecular complexity index is 1080. The quantitative estimate of drug-likeness (QED) is 0.617. The minimum absolute atomic E-state index is 0.129. The minimum Gasteiger partial charge on any atom is -0.444 e. The maximum absolute atomic E-state index is 12.4. The predicted octanol–water partition coefficient (Wildman–Crippen LogP) is 3.47. The Balaban J connectivity index is 1.74. The molecule has 1 aliphatic heterocycles. The summed E-state index contributed by atoms with van der Waals surface area (Å²) in [5.41, 5.74) is 9.24. The summed E-state index contributed by atoms with van der Waals surface area (Å²) < 4.78 is 5.21. The summed E-state index contributed by atoms with van der Waals surface area (Å²) in [5, 5.41) is 5.52. The van der Waals surface area contributed by atoms with Gasteiger partial charge in [0.15, 0.2) is 0 Å². The number of aromatic nitrogens is 2. The van der Waals surface area contributed by atoms with Gasteiger partial charge in [0, 0.05) is 42.1 Å². The minimum atomic E-state index is -0.568. The Morgan fingerprint density at radius 1 is 1.12 bits per heavy atom. The van der Waals surface area contributed by atoms with E-state index < -0.39 is 11.7 Å². The first-order valence-corrected chi connectivity index (χ1v) is 10.9. The van der Waals surface area contributed by atoms with Crippen molar-refractivity contribution in [2.75, 3.05) is 6.54 Å². The number of amides is 2. The second-order valence-corrected chi connectivity index (χ2v) is 8.72. The summed E-state index contributed by atoms with van der Waals surface area (Å²) in [4.78, 5) is 37.3. The average Bonchev–Trinajstić information content (AvgIpc) is 2.92. The molecule has 0 fully saturated rings. The molecule has 0 spiro atoms. The van der Waals surface area contributed by atoms with Crippen LogP contribution < -0.4 is 16.4 Å². The highest BCUT2D eigenvalue weighted by Gasteiger charge is 2.17. The lowest BCUT2D eigenvalue weighted by Crippen LogP contribution is -2.32. The molecule has 0 radical (unpaired) electrons. The van der Waals surface area contributed by atoms with Gasteiger partial charge in [0.1, 0.15) is 17.3 Å². The summed E-state index contributed by atoms with van der Waals surface area (Å²) in [6.07, 6.45) is 5.83. The van der Waals surface area contributed by atoms with Crippen LogP contribution in [0.15, 0.2) is 41.2 Å². The van der Waals surface area contributed by atoms with E-state index in [-0.39, 0.29) is 12.5 Å². The number of hydrogen-bond acceptors (Lipinski definition) is 7. The van der Waals surface area contributed by atoms with E-state index in [1.807, 2.05) is 31.2 Å². The Labute approximate surface area is 193 Å². The molecule has 4 N–H and O–H groups in total. The van der Waals surface area contributed by atoms with Gasteiger partial charge >= 0.3 is 6.09 Å². The van der Waals surface area contributed by atoms with Gasteiger partial charge in [-0.15, -0.1) is 0 Å². The molecule has 9 heteroatoms. The fourth-order valence-electron chi connectivity index (χ4n) is 3.13. The third kappa shape index (κ3) is 6.86. The third-order valence-corrected chi connectivity index (χ3v) is 4.65. The fraction of sp³-hybridized carbons (Fsp3) is 0.375. The first-order valence-electron chi connectivity index (χ1n) is 10.9. The van der Waals surface area contributed by atoms with Crippen molar-refractivity contribution < 1.29 is 14.3 Å². The number of amidine groups is 1. The highest BCUT2D eigenvalue weighted by molar-refractivity contribution is 6.05. The molecule has 0 unspecified atom stereocenters. The van der Waals surface area contributed by atoms with E-state index in [1.54, 1.807) is 33.2 Å². The van der Waals surface area contributed by atoms with Crippen LogP contribution in [0.4, 0.5) is 10.5 Å². The van der Waals surface area contributed by atoms with Gasteiger partial charge in [0.2, 0.25) is 5.91 Å². The van der Waals surface area contributed by atoms with E-state index in [0.29, 0.717) is 35.9 Å². The molecule has 0 atom stereocenters. The molecule has 2 aromatic rings. The second kappa shape index (κ2) is 10.2. The molecule has 1 aromatic heterocycles. The van der Waals surface area contributed by atoms with Gasteiger partial charge in [0.25, 0.3) is 0 Å². The van der Waals surface area contributed by atoms with Crippen LogP contribution >= 0.6 is 0 Å². The van der Waals surface area contributed by atoms with Crippen molar-refractivity contribution in [1.82, 2.24) is 20.6 Å². The average molecular weight is 451 g/mol. The number of carbonyl (C=O) groups excluding carboxylic acids is 2. The molecular formula is C24H30N6O3. The van der Waals surface area contributed by atoms with Crippen LogP contribution in [-0.2, 0) is 16.1 Å². The number of carbonyl (C=O) groups is 2. The highest BCUT2D eigenvalue weighted by atomic mass is 16.6. The van der Waals surface area contributed by atoms with Gasteiger partial charge in [-0.25, -0.2) is 19.8 Å². The Morgan fingerprint density at radius 2 is 1.85 bits per heavy atom. The van der Waals surface area contributed by atoms with Gasteiger partial charge in [-0.2, -0.15) is 0 Å². The monoisotopic (exact) mass is 450 g/mol. The van der Waals surface area contributed by atoms with Crippen molar-refractivity contribution in [3.05, 3.63) is 47.6 Å². The number of aliphatic imine (C=N–C) groups is 1. The lowest BCUT2D eigenvalue weighted by molar-refractivity contribution is -0.117. The number of hydrogen-bond donors (Lipinski definition) is 3. The Hall–Kier alpha value is -3.75. The molecule has 2 amide bonds. The number of ether oxygens (including phenoxy) is 1. The van der Waals surface area contributed by atoms with E-state index in [2.05, 4.69) is 25.6 Å². The standard InChI is InChI=1S/C24H30N6O3/c1-5-8-26-22(31)17-9-16-7-6-15(10-19(16)30-20(25)11-17)18-12-27-21(28-13-18)14-29-23(32)33-24(2,3)4/h6-7,9-10,12-13H,5,8,11,14H2,1-4H3,(H2,25,30)(H,26,31)(H,29,32). The van der Waals surface area contributed by atoms with E-state index >= 15 is 0 Å². The van der Waals surface area contributed by atoms with Crippen molar-refractivity contribution in [2.24, 2.45) is 10.7 Å². The molecule has 1 aliphatic rings. The lowest BCUT2D eigenvalue weighted by Gasteiger charge is -2.19. The number of nitrogens with one attached hydrogen (secondary N) is 2. The zero-order valence-corrected chi connectivity index (χ0v) is 19.4. The SMILES string of the molecule is CCCNC(=O)C1=Cc2ccc(-c3cnc(CNC(=O)OC(C)(C)C)nc3)cc2N=C(N)C1. The van der Waals surface area contributed by atoms with Gasteiger partial charge in [0.05, 0.1) is 12.2 Å². The van der Waals surface area contributed by atoms with Crippen LogP contribution in [0.25, 0.3) is 17.2 Å². The van der Waals surface area contributed by atoms with E-state index in [0.717, 1.165) is 23.1 Å². The number of rotatable bonds is 6. The van der Waals surface area contributed by atoms with Crippen molar-refractivity contribution in [3.8, 4) is 11.1 Å². The molecule has 0 aliphatic carbocycles. The summed E-state index contributed by atoms with van der Waals surface area (Å²) in [6, 6.07) is 5.71. The molecule has 0 saturated carbocycles. The van der Waals surface area contributed by atoms with Crippen LogP contribution in [0.2, 0.25) is 0 Å². The first-order chi connectivity index (χ1) is 15.6. The third-order valence-electron chi connectivity index (χ3n) is 4.65. The van der Waals surface area contributed by atoms with E-state index in [4.69, 9.17) is 10.5 Å². The van der Waals surface area contributed by atoms with Crippen LogP contribution in [0.3, 0.4) is 0 Å². The van der Waals surface area contributed by atoms with Crippen LogP contribution in [-0.4, -0.2) is 39.9 Å².